The van der Waals surface area contributed by atoms with Crippen molar-refractivity contribution in [1.29, 1.82) is 0 Å². The molecule has 2 aromatic carbocycles. The Kier molecular flexibility index (Phi) is 6.47. The second-order valence-corrected chi connectivity index (χ2v) is 7.54. The first-order chi connectivity index (χ1) is 12.9. The van der Waals surface area contributed by atoms with Crippen LogP contribution in [0, 0.1) is 19.7 Å². The highest BCUT2D eigenvalue weighted by Crippen LogP contribution is 2.20. The lowest BCUT2D eigenvalue weighted by molar-refractivity contribution is -0.117. The predicted octanol–water partition coefficient (Wildman–Crippen LogP) is 3.85. The monoisotopic (exact) mass is 389 g/mol. The molecule has 0 saturated carbocycles. The number of halogens is 2. The van der Waals surface area contributed by atoms with Crippen LogP contribution in [0.5, 0.6) is 0 Å². The zero-order valence-corrected chi connectivity index (χ0v) is 16.5. The van der Waals surface area contributed by atoms with Crippen molar-refractivity contribution in [3.05, 3.63) is 63.9 Å². The number of nitrogens with one attached hydrogen (secondary N) is 1. The van der Waals surface area contributed by atoms with Crippen LogP contribution in [0.4, 0.5) is 10.1 Å². The molecule has 4 nitrogen and oxygen atoms in total. The Hall–Kier alpha value is -1.95. The molecule has 1 aliphatic heterocycles. The Bertz CT molecular complexity index is 819. The van der Waals surface area contributed by atoms with Gasteiger partial charge in [0.2, 0.25) is 5.91 Å². The zero-order valence-electron chi connectivity index (χ0n) is 15.8. The number of aryl methyl sites for hydroxylation is 2. The third kappa shape index (κ3) is 5.51. The summed E-state index contributed by atoms with van der Waals surface area (Å²) in [5.41, 5.74) is 4.15. The number of carbonyl (C=O) groups is 1. The van der Waals surface area contributed by atoms with Gasteiger partial charge in [-0.25, -0.2) is 4.39 Å². The molecule has 0 unspecified atom stereocenters. The molecule has 0 bridgehead atoms. The molecule has 0 aliphatic carbocycles. The third-order valence-corrected chi connectivity index (χ3v) is 5.38. The summed E-state index contributed by atoms with van der Waals surface area (Å²) < 4.78 is 13.2. The second kappa shape index (κ2) is 8.83. The maximum absolute atomic E-state index is 13.2. The highest BCUT2D eigenvalue weighted by molar-refractivity contribution is 6.31. The van der Waals surface area contributed by atoms with Gasteiger partial charge >= 0.3 is 0 Å². The van der Waals surface area contributed by atoms with E-state index in [0.29, 0.717) is 18.1 Å². The van der Waals surface area contributed by atoms with Crippen molar-refractivity contribution in [3.63, 3.8) is 0 Å². The van der Waals surface area contributed by atoms with Crippen LogP contribution in [0.3, 0.4) is 0 Å². The average molecular weight is 390 g/mol. The molecule has 27 heavy (non-hydrogen) atoms. The second-order valence-electron chi connectivity index (χ2n) is 7.14. The topological polar surface area (TPSA) is 35.6 Å². The largest absolute Gasteiger partial charge is 0.325 e. The average Bonchev–Trinajstić information content (AvgIpc) is 2.62. The molecule has 2 aromatic rings. The van der Waals surface area contributed by atoms with Gasteiger partial charge in [0.15, 0.2) is 0 Å². The quantitative estimate of drug-likeness (QED) is 0.843. The van der Waals surface area contributed by atoms with Crippen molar-refractivity contribution in [3.8, 4) is 0 Å². The van der Waals surface area contributed by atoms with Gasteiger partial charge in [0.1, 0.15) is 5.82 Å². The number of nitrogens with zero attached hydrogens (tertiary/aromatic N) is 2. The van der Waals surface area contributed by atoms with E-state index in [0.717, 1.165) is 37.4 Å². The van der Waals surface area contributed by atoms with Crippen molar-refractivity contribution in [2.24, 2.45) is 0 Å². The lowest BCUT2D eigenvalue weighted by Gasteiger charge is -2.34. The maximum Gasteiger partial charge on any atom is 0.238 e. The summed E-state index contributed by atoms with van der Waals surface area (Å²) in [6.45, 7) is 8.52. The van der Waals surface area contributed by atoms with Crippen molar-refractivity contribution < 1.29 is 9.18 Å². The van der Waals surface area contributed by atoms with E-state index in [2.05, 4.69) is 22.0 Å². The fourth-order valence-corrected chi connectivity index (χ4v) is 3.45. The minimum absolute atomic E-state index is 0.00767. The first-order valence-electron chi connectivity index (χ1n) is 9.16. The number of rotatable bonds is 5. The minimum atomic E-state index is -0.316. The highest BCUT2D eigenvalue weighted by atomic mass is 35.5. The molecule has 1 amide bonds. The SMILES string of the molecule is Cc1ccc(NC(=O)CN2CCN(Cc3ccc(F)cc3Cl)CC2)cc1C. The van der Waals surface area contributed by atoms with Crippen molar-refractivity contribution >= 4 is 23.2 Å². The van der Waals surface area contributed by atoms with E-state index in [9.17, 15) is 9.18 Å². The fraction of sp³-hybridized carbons (Fsp3) is 0.381. The number of hydrogen-bond acceptors (Lipinski definition) is 3. The van der Waals surface area contributed by atoms with E-state index in [4.69, 9.17) is 11.6 Å². The Morgan fingerprint density at radius 2 is 1.74 bits per heavy atom. The molecule has 0 radical (unpaired) electrons. The number of hydrogen-bond donors (Lipinski definition) is 1. The van der Waals surface area contributed by atoms with Gasteiger partial charge in [-0.2, -0.15) is 0 Å². The van der Waals surface area contributed by atoms with Gasteiger partial charge < -0.3 is 5.32 Å². The lowest BCUT2D eigenvalue weighted by Crippen LogP contribution is -2.48. The van der Waals surface area contributed by atoms with E-state index in [1.54, 1.807) is 6.07 Å². The molecule has 0 aromatic heterocycles. The van der Waals surface area contributed by atoms with Gasteiger partial charge in [-0.1, -0.05) is 23.7 Å². The number of benzene rings is 2. The molecule has 1 N–H and O–H groups in total. The lowest BCUT2D eigenvalue weighted by atomic mass is 10.1. The summed E-state index contributed by atoms with van der Waals surface area (Å²) >= 11 is 6.11. The summed E-state index contributed by atoms with van der Waals surface area (Å²) in [5.74, 6) is -0.309. The van der Waals surface area contributed by atoms with Crippen LogP contribution in [0.15, 0.2) is 36.4 Å². The fourth-order valence-electron chi connectivity index (χ4n) is 3.22. The molecule has 0 atom stereocenters. The van der Waals surface area contributed by atoms with Crippen molar-refractivity contribution in [1.82, 2.24) is 9.80 Å². The molecular formula is C21H25ClFN3O. The molecule has 6 heteroatoms. The molecule has 1 aliphatic rings. The summed E-state index contributed by atoms with van der Waals surface area (Å²) in [5, 5.41) is 3.44. The van der Waals surface area contributed by atoms with Crippen LogP contribution in [0.2, 0.25) is 5.02 Å². The third-order valence-electron chi connectivity index (χ3n) is 5.03. The molecule has 3 rings (SSSR count). The Labute approximate surface area is 164 Å². The number of piperazine rings is 1. The van der Waals surface area contributed by atoms with Crippen LogP contribution in [0.25, 0.3) is 0 Å². The summed E-state index contributed by atoms with van der Waals surface area (Å²) in [7, 11) is 0. The normalized spacial score (nSPS) is 15.7. The Balaban J connectivity index is 1.46. The van der Waals surface area contributed by atoms with E-state index < -0.39 is 0 Å². The van der Waals surface area contributed by atoms with Crippen LogP contribution in [-0.2, 0) is 11.3 Å². The molecule has 144 valence electrons. The van der Waals surface area contributed by atoms with Crippen molar-refractivity contribution in [2.45, 2.75) is 20.4 Å². The molecular weight excluding hydrogens is 365 g/mol. The summed E-state index contributed by atoms with van der Waals surface area (Å²) in [6, 6.07) is 10.5. The van der Waals surface area contributed by atoms with Crippen LogP contribution < -0.4 is 5.32 Å². The van der Waals surface area contributed by atoms with Crippen LogP contribution >= 0.6 is 11.6 Å². The molecule has 0 spiro atoms. The van der Waals surface area contributed by atoms with Gasteiger partial charge in [-0.3, -0.25) is 14.6 Å². The zero-order chi connectivity index (χ0) is 19.4. The number of amides is 1. The smallest absolute Gasteiger partial charge is 0.238 e. The molecule has 1 fully saturated rings. The van der Waals surface area contributed by atoms with Crippen LogP contribution in [0.1, 0.15) is 16.7 Å². The van der Waals surface area contributed by atoms with E-state index in [1.165, 1.54) is 23.3 Å². The van der Waals surface area contributed by atoms with E-state index in [1.807, 2.05) is 25.1 Å². The van der Waals surface area contributed by atoms with Crippen molar-refractivity contribution in [2.75, 3.05) is 38.0 Å². The summed E-state index contributed by atoms with van der Waals surface area (Å²) in [6.07, 6.45) is 0. The van der Waals surface area contributed by atoms with Gasteiger partial charge in [0.05, 0.1) is 6.54 Å². The standard InChI is InChI=1S/C21H25ClFN3O/c1-15-3-6-19(11-16(15)2)24-21(27)14-26-9-7-25(8-10-26)13-17-4-5-18(23)12-20(17)22/h3-6,11-12H,7-10,13-14H2,1-2H3,(H,24,27). The number of anilines is 1. The van der Waals surface area contributed by atoms with Gasteiger partial charge in [-0.15, -0.1) is 0 Å². The van der Waals surface area contributed by atoms with Gasteiger partial charge in [0, 0.05) is 43.4 Å². The van der Waals surface area contributed by atoms with Gasteiger partial charge in [0.25, 0.3) is 0 Å². The minimum Gasteiger partial charge on any atom is -0.325 e. The van der Waals surface area contributed by atoms with E-state index in [-0.39, 0.29) is 11.7 Å². The van der Waals surface area contributed by atoms with E-state index >= 15 is 0 Å². The van der Waals surface area contributed by atoms with Gasteiger partial charge in [-0.05, 0) is 54.8 Å². The first-order valence-corrected chi connectivity index (χ1v) is 9.54. The Morgan fingerprint density at radius 1 is 1.04 bits per heavy atom. The number of carbonyl (C=O) groups excluding carboxylic acids is 1. The Morgan fingerprint density at radius 3 is 2.41 bits per heavy atom. The highest BCUT2D eigenvalue weighted by Gasteiger charge is 2.20. The summed E-state index contributed by atoms with van der Waals surface area (Å²) in [4.78, 5) is 16.7. The maximum atomic E-state index is 13.2. The molecule has 1 heterocycles. The molecule has 1 saturated heterocycles. The first kappa shape index (κ1) is 19.8. The van der Waals surface area contributed by atoms with Crippen LogP contribution in [-0.4, -0.2) is 48.4 Å². The predicted molar refractivity (Wildman–Crippen MR) is 108 cm³/mol.